The summed E-state index contributed by atoms with van der Waals surface area (Å²) in [6.45, 7) is 5.75. The highest BCUT2D eigenvalue weighted by Gasteiger charge is 2.40. The Hall–Kier alpha value is -2.03. The van der Waals surface area contributed by atoms with E-state index in [1.807, 2.05) is 17.9 Å². The average Bonchev–Trinajstić information content (AvgIpc) is 3.29. The minimum atomic E-state index is -0.635. The highest BCUT2D eigenvalue weighted by molar-refractivity contribution is 6.35. The van der Waals surface area contributed by atoms with Crippen LogP contribution in [0.25, 0.3) is 0 Å². The fourth-order valence-electron chi connectivity index (χ4n) is 5.57. The maximum absolute atomic E-state index is 13.7. The molecule has 8 nitrogen and oxygen atoms in total. The van der Waals surface area contributed by atoms with Crippen LogP contribution < -0.4 is 5.32 Å². The second-order valence-electron chi connectivity index (χ2n) is 9.45. The number of ether oxygens (including phenoxy) is 1. The molecule has 0 bridgehead atoms. The molecule has 2 aliphatic heterocycles. The molecule has 1 aromatic rings. The van der Waals surface area contributed by atoms with E-state index in [-0.39, 0.29) is 29.9 Å². The van der Waals surface area contributed by atoms with Gasteiger partial charge in [-0.15, -0.1) is 0 Å². The molecular formula is C25H34Cl2N4O4. The number of carbonyl (C=O) groups is 3. The minimum absolute atomic E-state index is 0.0710. The maximum Gasteiger partial charge on any atom is 0.318 e. The van der Waals surface area contributed by atoms with Gasteiger partial charge < -0.3 is 19.9 Å². The summed E-state index contributed by atoms with van der Waals surface area (Å²) in [7, 11) is 0. The molecule has 3 amide bonds. The van der Waals surface area contributed by atoms with Crippen LogP contribution in [0.2, 0.25) is 10.0 Å². The minimum Gasteiger partial charge on any atom is -0.466 e. The number of urea groups is 1. The second-order valence-corrected chi connectivity index (χ2v) is 10.3. The van der Waals surface area contributed by atoms with Crippen molar-refractivity contribution in [2.24, 2.45) is 5.92 Å². The fraction of sp³-hybridized carbons (Fsp3) is 0.640. The summed E-state index contributed by atoms with van der Waals surface area (Å²) in [6.07, 6.45) is 4.31. The van der Waals surface area contributed by atoms with Gasteiger partial charge in [-0.3, -0.25) is 14.5 Å². The summed E-state index contributed by atoms with van der Waals surface area (Å²) in [5, 5.41) is 3.82. The summed E-state index contributed by atoms with van der Waals surface area (Å²) < 4.78 is 5.34. The number of carbonyl (C=O) groups excluding carboxylic acids is 3. The average molecular weight is 525 g/mol. The van der Waals surface area contributed by atoms with Crippen molar-refractivity contribution in [1.82, 2.24) is 20.0 Å². The van der Waals surface area contributed by atoms with Gasteiger partial charge in [0, 0.05) is 61.8 Å². The standard InChI is InChI=1S/C25H34Cl2N4O4/c1-2-35-24(33)19-5-3-4-6-21(19)29-11-13-30(14-12-29)23(32)22(31-10-9-28-25(31)34)15-17-7-8-18(26)16-20(17)27/h7-8,16,19,21-22H,2-6,9-15H2,1H3,(H,28,34)/t19-,21+,22+/m0/s1. The van der Waals surface area contributed by atoms with Crippen molar-refractivity contribution >= 4 is 41.1 Å². The van der Waals surface area contributed by atoms with Crippen LogP contribution in [0.5, 0.6) is 0 Å². The first-order valence-corrected chi connectivity index (χ1v) is 13.3. The summed E-state index contributed by atoms with van der Waals surface area (Å²) in [4.78, 5) is 44.5. The number of nitrogens with zero attached hydrogens (tertiary/aromatic N) is 3. The van der Waals surface area contributed by atoms with E-state index < -0.39 is 6.04 Å². The van der Waals surface area contributed by atoms with Crippen LogP contribution in [-0.4, -0.2) is 90.6 Å². The molecule has 3 fully saturated rings. The van der Waals surface area contributed by atoms with Crippen LogP contribution in [-0.2, 0) is 20.7 Å². The molecule has 0 aromatic heterocycles. The summed E-state index contributed by atoms with van der Waals surface area (Å²) in [6, 6.07) is 4.52. The molecule has 4 rings (SSSR count). The molecule has 1 aliphatic carbocycles. The Morgan fingerprint density at radius 1 is 1.11 bits per heavy atom. The first kappa shape index (κ1) is 26.0. The first-order valence-electron chi connectivity index (χ1n) is 12.6. The van der Waals surface area contributed by atoms with Gasteiger partial charge in [-0.1, -0.05) is 42.1 Å². The molecule has 2 heterocycles. The van der Waals surface area contributed by atoms with Crippen molar-refractivity contribution in [3.63, 3.8) is 0 Å². The van der Waals surface area contributed by atoms with Crippen molar-refractivity contribution in [1.29, 1.82) is 0 Å². The zero-order valence-electron chi connectivity index (χ0n) is 20.2. The number of halogens is 2. The topological polar surface area (TPSA) is 82.2 Å². The molecule has 2 saturated heterocycles. The Balaban J connectivity index is 1.44. The number of piperazine rings is 1. The lowest BCUT2D eigenvalue weighted by Gasteiger charge is -2.44. The quantitative estimate of drug-likeness (QED) is 0.553. The predicted molar refractivity (Wildman–Crippen MR) is 135 cm³/mol. The van der Waals surface area contributed by atoms with Gasteiger partial charge in [0.15, 0.2) is 0 Å². The van der Waals surface area contributed by atoms with Gasteiger partial charge >= 0.3 is 12.0 Å². The van der Waals surface area contributed by atoms with E-state index in [4.69, 9.17) is 27.9 Å². The van der Waals surface area contributed by atoms with Crippen molar-refractivity contribution in [2.45, 2.75) is 51.1 Å². The number of nitrogens with one attached hydrogen (secondary N) is 1. The monoisotopic (exact) mass is 524 g/mol. The van der Waals surface area contributed by atoms with Crippen LogP contribution in [0.15, 0.2) is 18.2 Å². The molecule has 192 valence electrons. The molecule has 10 heteroatoms. The molecule has 0 unspecified atom stereocenters. The van der Waals surface area contributed by atoms with Crippen molar-refractivity contribution in [3.05, 3.63) is 33.8 Å². The number of benzene rings is 1. The molecular weight excluding hydrogens is 491 g/mol. The Labute approximate surface area is 216 Å². The SMILES string of the molecule is CCOC(=O)[C@H]1CCCC[C@H]1N1CCN(C(=O)[C@@H](Cc2ccc(Cl)cc2Cl)N2CCNC2=O)CC1. The van der Waals surface area contributed by atoms with Crippen LogP contribution >= 0.6 is 23.2 Å². The zero-order valence-corrected chi connectivity index (χ0v) is 21.7. The van der Waals surface area contributed by atoms with Gasteiger partial charge in [0.25, 0.3) is 0 Å². The largest absolute Gasteiger partial charge is 0.466 e. The van der Waals surface area contributed by atoms with E-state index in [0.29, 0.717) is 62.3 Å². The van der Waals surface area contributed by atoms with Gasteiger partial charge in [0.1, 0.15) is 6.04 Å². The van der Waals surface area contributed by atoms with Crippen LogP contribution in [0, 0.1) is 5.92 Å². The lowest BCUT2D eigenvalue weighted by molar-refractivity contribution is -0.153. The Bertz CT molecular complexity index is 938. The molecule has 0 spiro atoms. The molecule has 35 heavy (non-hydrogen) atoms. The van der Waals surface area contributed by atoms with Gasteiger partial charge in [-0.05, 0) is 37.5 Å². The molecule has 1 N–H and O–H groups in total. The molecule has 3 atom stereocenters. The highest BCUT2D eigenvalue weighted by Crippen LogP contribution is 2.31. The summed E-state index contributed by atoms with van der Waals surface area (Å²) in [5.74, 6) is -0.270. The third kappa shape index (κ3) is 6.04. The van der Waals surface area contributed by atoms with E-state index >= 15 is 0 Å². The van der Waals surface area contributed by atoms with Crippen LogP contribution in [0.3, 0.4) is 0 Å². The number of hydrogen-bond acceptors (Lipinski definition) is 5. The zero-order chi connectivity index (χ0) is 24.9. The lowest BCUT2D eigenvalue weighted by atomic mass is 9.83. The normalized spacial score (nSPS) is 24.3. The summed E-state index contributed by atoms with van der Waals surface area (Å²) >= 11 is 12.4. The van der Waals surface area contributed by atoms with Crippen LogP contribution in [0.1, 0.15) is 38.2 Å². The molecule has 1 aromatic carbocycles. The van der Waals surface area contributed by atoms with Gasteiger partial charge in [-0.25, -0.2) is 4.79 Å². The Morgan fingerprint density at radius 2 is 1.86 bits per heavy atom. The van der Waals surface area contributed by atoms with Crippen molar-refractivity contribution in [2.75, 3.05) is 45.9 Å². The van der Waals surface area contributed by atoms with Gasteiger partial charge in [-0.2, -0.15) is 0 Å². The Morgan fingerprint density at radius 3 is 2.51 bits per heavy atom. The van der Waals surface area contributed by atoms with E-state index in [2.05, 4.69) is 10.2 Å². The van der Waals surface area contributed by atoms with E-state index in [0.717, 1.165) is 31.2 Å². The number of hydrogen-bond donors (Lipinski definition) is 1. The molecule has 1 saturated carbocycles. The predicted octanol–water partition coefficient (Wildman–Crippen LogP) is 3.20. The smallest absolute Gasteiger partial charge is 0.318 e. The maximum atomic E-state index is 13.7. The first-order chi connectivity index (χ1) is 16.9. The van der Waals surface area contributed by atoms with Gasteiger partial charge in [0.05, 0.1) is 12.5 Å². The third-order valence-corrected chi connectivity index (χ3v) is 7.98. The van der Waals surface area contributed by atoms with Gasteiger partial charge in [0.2, 0.25) is 5.91 Å². The fourth-order valence-corrected chi connectivity index (χ4v) is 6.05. The Kier molecular flexibility index (Phi) is 8.78. The van der Waals surface area contributed by atoms with Crippen LogP contribution in [0.4, 0.5) is 4.79 Å². The number of amides is 3. The third-order valence-electron chi connectivity index (χ3n) is 7.39. The lowest BCUT2D eigenvalue weighted by Crippen LogP contribution is -2.59. The van der Waals surface area contributed by atoms with Crippen molar-refractivity contribution in [3.8, 4) is 0 Å². The number of esters is 1. The summed E-state index contributed by atoms with van der Waals surface area (Å²) in [5.41, 5.74) is 0.784. The highest BCUT2D eigenvalue weighted by atomic mass is 35.5. The number of rotatable bonds is 7. The molecule has 0 radical (unpaired) electrons. The van der Waals surface area contributed by atoms with Crippen molar-refractivity contribution < 1.29 is 19.1 Å². The van der Waals surface area contributed by atoms with E-state index in [1.165, 1.54) is 0 Å². The van der Waals surface area contributed by atoms with E-state index in [9.17, 15) is 14.4 Å². The second kappa shape index (κ2) is 11.8. The molecule has 3 aliphatic rings. The van der Waals surface area contributed by atoms with E-state index in [1.54, 1.807) is 17.0 Å².